The van der Waals surface area contributed by atoms with Crippen LogP contribution < -0.4 is 0 Å². The highest BCUT2D eigenvalue weighted by atomic mass is 35.5. The monoisotopic (exact) mass is 357 g/mol. The minimum atomic E-state index is 0.772. The minimum Gasteiger partial charge on any atom is -0.306 e. The summed E-state index contributed by atoms with van der Waals surface area (Å²) >= 11 is 7.75. The molecule has 0 atom stereocenters. The molecule has 0 fully saturated rings. The Hall–Kier alpha value is -1.78. The number of benzene rings is 2. The number of aryl methyl sites for hydroxylation is 2. The van der Waals surface area contributed by atoms with Gasteiger partial charge in [0.15, 0.2) is 5.16 Å². The highest BCUT2D eigenvalue weighted by molar-refractivity contribution is 7.98. The standard InChI is InChI=1S/C19H20ClN3S/c1-2-23-18(12-11-15-7-4-3-5-8-15)21-22-19(23)24-14-16-9-6-10-17(20)13-16/h3-10,13H,2,11-12,14H2,1H3. The first-order chi connectivity index (χ1) is 11.8. The Morgan fingerprint density at radius 2 is 1.75 bits per heavy atom. The lowest BCUT2D eigenvalue weighted by molar-refractivity contribution is 0.638. The third-order valence-electron chi connectivity index (χ3n) is 3.85. The van der Waals surface area contributed by atoms with Gasteiger partial charge < -0.3 is 4.57 Å². The number of halogens is 1. The second-order valence-electron chi connectivity index (χ2n) is 5.55. The summed E-state index contributed by atoms with van der Waals surface area (Å²) in [6, 6.07) is 18.5. The Kier molecular flexibility index (Phi) is 5.94. The lowest BCUT2D eigenvalue weighted by Gasteiger charge is -2.07. The van der Waals surface area contributed by atoms with E-state index in [9.17, 15) is 0 Å². The van der Waals surface area contributed by atoms with Crippen molar-refractivity contribution in [1.29, 1.82) is 0 Å². The molecule has 0 aliphatic heterocycles. The summed E-state index contributed by atoms with van der Waals surface area (Å²) in [5.74, 6) is 1.90. The molecule has 0 saturated carbocycles. The van der Waals surface area contributed by atoms with E-state index < -0.39 is 0 Å². The minimum absolute atomic E-state index is 0.772. The molecule has 0 spiro atoms. The average molecular weight is 358 g/mol. The van der Waals surface area contributed by atoms with Crippen molar-refractivity contribution in [2.45, 2.75) is 37.2 Å². The second kappa shape index (κ2) is 8.36. The van der Waals surface area contributed by atoms with Crippen LogP contribution in [0.25, 0.3) is 0 Å². The molecule has 3 rings (SSSR count). The fourth-order valence-corrected chi connectivity index (χ4v) is 3.78. The first-order valence-corrected chi connectivity index (χ1v) is 9.46. The van der Waals surface area contributed by atoms with Gasteiger partial charge >= 0.3 is 0 Å². The third-order valence-corrected chi connectivity index (χ3v) is 5.12. The van der Waals surface area contributed by atoms with Gasteiger partial charge in [-0.05, 0) is 36.6 Å². The van der Waals surface area contributed by atoms with Crippen LogP contribution in [0.4, 0.5) is 0 Å². The number of hydrogen-bond acceptors (Lipinski definition) is 3. The van der Waals surface area contributed by atoms with E-state index in [1.807, 2.05) is 24.3 Å². The lowest BCUT2D eigenvalue weighted by atomic mass is 10.1. The van der Waals surface area contributed by atoms with E-state index >= 15 is 0 Å². The second-order valence-corrected chi connectivity index (χ2v) is 6.93. The SMILES string of the molecule is CCn1c(CCc2ccccc2)nnc1SCc1cccc(Cl)c1. The molecule has 2 aromatic carbocycles. The third kappa shape index (κ3) is 4.40. The van der Waals surface area contributed by atoms with Crippen molar-refractivity contribution in [2.75, 3.05) is 0 Å². The fraction of sp³-hybridized carbons (Fsp3) is 0.263. The van der Waals surface area contributed by atoms with Crippen LogP contribution in [0.5, 0.6) is 0 Å². The predicted octanol–water partition coefficient (Wildman–Crippen LogP) is 5.03. The highest BCUT2D eigenvalue weighted by Crippen LogP contribution is 2.23. The van der Waals surface area contributed by atoms with Gasteiger partial charge in [0.25, 0.3) is 0 Å². The molecule has 3 aromatic rings. The van der Waals surface area contributed by atoms with E-state index in [1.165, 1.54) is 11.1 Å². The first-order valence-electron chi connectivity index (χ1n) is 8.09. The average Bonchev–Trinajstić information content (AvgIpc) is 3.01. The van der Waals surface area contributed by atoms with E-state index in [-0.39, 0.29) is 0 Å². The van der Waals surface area contributed by atoms with Gasteiger partial charge in [-0.2, -0.15) is 0 Å². The van der Waals surface area contributed by atoms with Crippen molar-refractivity contribution < 1.29 is 0 Å². The molecule has 0 radical (unpaired) electrons. The number of thioether (sulfide) groups is 1. The van der Waals surface area contributed by atoms with Gasteiger partial charge in [0, 0.05) is 23.7 Å². The summed E-state index contributed by atoms with van der Waals surface area (Å²) in [7, 11) is 0. The maximum absolute atomic E-state index is 6.05. The molecule has 1 aromatic heterocycles. The van der Waals surface area contributed by atoms with Crippen LogP contribution in [0, 0.1) is 0 Å². The molecular formula is C19H20ClN3S. The molecule has 0 unspecified atom stereocenters. The summed E-state index contributed by atoms with van der Waals surface area (Å²) < 4.78 is 2.21. The van der Waals surface area contributed by atoms with Crippen LogP contribution in [0.15, 0.2) is 59.8 Å². The molecule has 124 valence electrons. The van der Waals surface area contributed by atoms with Gasteiger partial charge in [-0.3, -0.25) is 0 Å². The Labute approximate surface area is 152 Å². The van der Waals surface area contributed by atoms with E-state index in [2.05, 4.69) is 52.0 Å². The molecule has 1 heterocycles. The van der Waals surface area contributed by atoms with E-state index in [0.717, 1.165) is 41.1 Å². The fourth-order valence-electron chi connectivity index (χ4n) is 2.60. The molecule has 5 heteroatoms. The van der Waals surface area contributed by atoms with Crippen molar-refractivity contribution in [3.63, 3.8) is 0 Å². The number of rotatable bonds is 7. The van der Waals surface area contributed by atoms with Gasteiger partial charge in [-0.1, -0.05) is 65.8 Å². The molecule has 0 aliphatic rings. The summed E-state index contributed by atoms with van der Waals surface area (Å²) in [5, 5.41) is 10.5. The zero-order chi connectivity index (χ0) is 16.8. The largest absolute Gasteiger partial charge is 0.306 e. The van der Waals surface area contributed by atoms with E-state index in [4.69, 9.17) is 11.6 Å². The van der Waals surface area contributed by atoms with Gasteiger partial charge in [0.05, 0.1) is 0 Å². The predicted molar refractivity (Wildman–Crippen MR) is 101 cm³/mol. The number of hydrogen-bond donors (Lipinski definition) is 0. The van der Waals surface area contributed by atoms with Gasteiger partial charge in [-0.15, -0.1) is 10.2 Å². The summed E-state index contributed by atoms with van der Waals surface area (Å²) in [6.45, 7) is 3.02. The molecule has 24 heavy (non-hydrogen) atoms. The quantitative estimate of drug-likeness (QED) is 0.556. The summed E-state index contributed by atoms with van der Waals surface area (Å²) in [5.41, 5.74) is 2.53. The van der Waals surface area contributed by atoms with Crippen molar-refractivity contribution in [3.8, 4) is 0 Å². The van der Waals surface area contributed by atoms with Gasteiger partial charge in [0.2, 0.25) is 0 Å². The summed E-state index contributed by atoms with van der Waals surface area (Å²) in [4.78, 5) is 0. The van der Waals surface area contributed by atoms with Crippen molar-refractivity contribution >= 4 is 23.4 Å². The van der Waals surface area contributed by atoms with Crippen LogP contribution in [0.1, 0.15) is 23.9 Å². The Morgan fingerprint density at radius 3 is 2.50 bits per heavy atom. The maximum atomic E-state index is 6.05. The molecule has 0 bridgehead atoms. The zero-order valence-corrected chi connectivity index (χ0v) is 15.2. The number of nitrogens with zero attached hydrogens (tertiary/aromatic N) is 3. The molecule has 0 saturated heterocycles. The van der Waals surface area contributed by atoms with Crippen molar-refractivity contribution in [2.24, 2.45) is 0 Å². The zero-order valence-electron chi connectivity index (χ0n) is 13.7. The van der Waals surface area contributed by atoms with Crippen LogP contribution in [0.2, 0.25) is 5.02 Å². The number of aromatic nitrogens is 3. The van der Waals surface area contributed by atoms with E-state index in [0.29, 0.717) is 0 Å². The highest BCUT2D eigenvalue weighted by Gasteiger charge is 2.11. The smallest absolute Gasteiger partial charge is 0.191 e. The van der Waals surface area contributed by atoms with Crippen molar-refractivity contribution in [3.05, 3.63) is 76.6 Å². The topological polar surface area (TPSA) is 30.7 Å². The molecule has 0 amide bonds. The van der Waals surface area contributed by atoms with Crippen LogP contribution in [0.3, 0.4) is 0 Å². The molecule has 0 N–H and O–H groups in total. The Balaban J connectivity index is 1.65. The van der Waals surface area contributed by atoms with Crippen LogP contribution in [-0.4, -0.2) is 14.8 Å². The van der Waals surface area contributed by atoms with E-state index in [1.54, 1.807) is 11.8 Å². The maximum Gasteiger partial charge on any atom is 0.191 e. The first kappa shape index (κ1) is 17.1. The molecule has 3 nitrogen and oxygen atoms in total. The normalized spacial score (nSPS) is 10.9. The van der Waals surface area contributed by atoms with Crippen LogP contribution >= 0.6 is 23.4 Å². The van der Waals surface area contributed by atoms with Gasteiger partial charge in [0.1, 0.15) is 5.82 Å². The van der Waals surface area contributed by atoms with Gasteiger partial charge in [-0.25, -0.2) is 0 Å². The Morgan fingerprint density at radius 1 is 0.958 bits per heavy atom. The molecular weight excluding hydrogens is 338 g/mol. The van der Waals surface area contributed by atoms with Crippen molar-refractivity contribution in [1.82, 2.24) is 14.8 Å². The molecule has 0 aliphatic carbocycles. The van der Waals surface area contributed by atoms with Crippen LogP contribution in [-0.2, 0) is 25.1 Å². The Bertz CT molecular complexity index is 786. The lowest BCUT2D eigenvalue weighted by Crippen LogP contribution is -2.05. The summed E-state index contributed by atoms with van der Waals surface area (Å²) in [6.07, 6.45) is 1.89.